The van der Waals surface area contributed by atoms with E-state index in [2.05, 4.69) is 29.6 Å². The molecule has 0 aliphatic carbocycles. The van der Waals surface area contributed by atoms with Crippen LogP contribution in [-0.4, -0.2) is 26.0 Å². The lowest BCUT2D eigenvalue weighted by molar-refractivity contribution is 0.395. The first-order valence-electron chi connectivity index (χ1n) is 7.00. The molecule has 4 heteroatoms. The van der Waals surface area contributed by atoms with Crippen LogP contribution in [0.1, 0.15) is 5.56 Å². The molecule has 0 saturated heterocycles. The van der Waals surface area contributed by atoms with Crippen molar-refractivity contribution in [1.82, 2.24) is 0 Å². The lowest BCUT2D eigenvalue weighted by Crippen LogP contribution is -2.16. The predicted molar refractivity (Wildman–Crippen MR) is 87.8 cm³/mol. The minimum absolute atomic E-state index is 0.564. The molecule has 0 spiro atoms. The van der Waals surface area contributed by atoms with Crippen molar-refractivity contribution in [3.63, 3.8) is 0 Å². The van der Waals surface area contributed by atoms with E-state index < -0.39 is 0 Å². The quantitative estimate of drug-likeness (QED) is 0.909. The van der Waals surface area contributed by atoms with Gasteiger partial charge >= 0.3 is 0 Å². The Morgan fingerprint density at radius 3 is 2.76 bits per heavy atom. The van der Waals surface area contributed by atoms with Crippen LogP contribution in [0.5, 0.6) is 11.5 Å². The number of nitrogens with one attached hydrogen (secondary N) is 1. The molecule has 110 valence electrons. The van der Waals surface area contributed by atoms with Gasteiger partial charge in [-0.05, 0) is 30.2 Å². The summed E-state index contributed by atoms with van der Waals surface area (Å²) in [7, 11) is 3.34. The molecule has 3 nitrogen and oxygen atoms in total. The largest absolute Gasteiger partial charge is 0.497 e. The van der Waals surface area contributed by atoms with Gasteiger partial charge in [0.2, 0.25) is 0 Å². The molecule has 1 N–H and O–H groups in total. The Kier molecular flexibility index (Phi) is 4.25. The van der Waals surface area contributed by atoms with E-state index in [1.54, 1.807) is 14.2 Å². The van der Waals surface area contributed by atoms with Crippen LogP contribution in [-0.2, 0) is 6.42 Å². The maximum absolute atomic E-state index is 5.42. The molecule has 2 aromatic carbocycles. The first-order chi connectivity index (χ1) is 10.3. The molecule has 2 aromatic rings. The summed E-state index contributed by atoms with van der Waals surface area (Å²) in [4.78, 5) is 1.41. The molecule has 0 fully saturated rings. The number of ether oxygens (including phenoxy) is 2. The maximum atomic E-state index is 5.42. The molecule has 0 amide bonds. The van der Waals surface area contributed by atoms with E-state index in [1.807, 2.05) is 30.0 Å². The van der Waals surface area contributed by atoms with Gasteiger partial charge in [-0.15, -0.1) is 11.8 Å². The van der Waals surface area contributed by atoms with Crippen molar-refractivity contribution in [1.29, 1.82) is 0 Å². The van der Waals surface area contributed by atoms with Gasteiger partial charge < -0.3 is 14.8 Å². The minimum Gasteiger partial charge on any atom is -0.497 e. The highest BCUT2D eigenvalue weighted by Gasteiger charge is 2.21. The van der Waals surface area contributed by atoms with Gasteiger partial charge in [-0.25, -0.2) is 0 Å². The average Bonchev–Trinajstić information content (AvgIpc) is 2.95. The smallest absolute Gasteiger partial charge is 0.145 e. The van der Waals surface area contributed by atoms with Gasteiger partial charge in [0.15, 0.2) is 0 Å². The second-order valence-electron chi connectivity index (χ2n) is 5.00. The highest BCUT2D eigenvalue weighted by molar-refractivity contribution is 8.00. The third-order valence-electron chi connectivity index (χ3n) is 3.64. The van der Waals surface area contributed by atoms with E-state index in [9.17, 15) is 0 Å². The van der Waals surface area contributed by atoms with E-state index in [1.165, 1.54) is 10.5 Å². The van der Waals surface area contributed by atoms with Crippen LogP contribution < -0.4 is 14.8 Å². The second-order valence-corrected chi connectivity index (χ2v) is 6.34. The number of rotatable bonds is 5. The molecule has 21 heavy (non-hydrogen) atoms. The van der Waals surface area contributed by atoms with E-state index >= 15 is 0 Å². The zero-order valence-electron chi connectivity index (χ0n) is 12.3. The van der Waals surface area contributed by atoms with Crippen molar-refractivity contribution in [2.75, 3.05) is 26.1 Å². The number of hydrogen-bond acceptors (Lipinski definition) is 4. The Hall–Kier alpha value is -1.81. The lowest BCUT2D eigenvalue weighted by atomic mass is 10.1. The summed E-state index contributed by atoms with van der Waals surface area (Å²) in [5.41, 5.74) is 2.46. The summed E-state index contributed by atoms with van der Waals surface area (Å²) in [6, 6.07) is 14.5. The van der Waals surface area contributed by atoms with Crippen LogP contribution in [0, 0.1) is 0 Å². The van der Waals surface area contributed by atoms with Gasteiger partial charge in [-0.3, -0.25) is 0 Å². The summed E-state index contributed by atoms with van der Waals surface area (Å²) in [5.74, 6) is 1.62. The van der Waals surface area contributed by atoms with E-state index in [0.717, 1.165) is 30.2 Å². The standard InChI is InChI=1S/C17H19NO2S/c1-19-13-7-8-15(16(10-13)20-2)18-11-14-9-12-5-3-4-6-17(12)21-14/h3-8,10,14,18H,9,11H2,1-2H3. The number of hydrogen-bond donors (Lipinski definition) is 1. The summed E-state index contributed by atoms with van der Waals surface area (Å²) >= 11 is 1.95. The van der Waals surface area contributed by atoms with Gasteiger partial charge in [0.1, 0.15) is 11.5 Å². The van der Waals surface area contributed by atoms with Crippen LogP contribution in [0.25, 0.3) is 0 Å². The Morgan fingerprint density at radius 2 is 2.00 bits per heavy atom. The summed E-state index contributed by atoms with van der Waals surface area (Å²) < 4.78 is 10.6. The number of thioether (sulfide) groups is 1. The first-order valence-corrected chi connectivity index (χ1v) is 7.88. The van der Waals surface area contributed by atoms with Gasteiger partial charge in [0, 0.05) is 22.8 Å². The molecule has 0 saturated carbocycles. The molecular formula is C17H19NO2S. The van der Waals surface area contributed by atoms with Crippen molar-refractivity contribution in [3.8, 4) is 11.5 Å². The summed E-state index contributed by atoms with van der Waals surface area (Å²) in [5, 5.41) is 4.05. The SMILES string of the molecule is COc1ccc(NCC2Cc3ccccc3S2)c(OC)c1. The molecule has 1 unspecified atom stereocenters. The third kappa shape index (κ3) is 3.10. The fourth-order valence-corrected chi connectivity index (χ4v) is 3.78. The molecule has 1 aliphatic heterocycles. The van der Waals surface area contributed by atoms with Gasteiger partial charge in [0.25, 0.3) is 0 Å². The van der Waals surface area contributed by atoms with Crippen LogP contribution in [0.2, 0.25) is 0 Å². The number of methoxy groups -OCH3 is 2. The monoisotopic (exact) mass is 301 g/mol. The molecular weight excluding hydrogens is 282 g/mol. The molecule has 3 rings (SSSR count). The van der Waals surface area contributed by atoms with Crippen LogP contribution in [0.4, 0.5) is 5.69 Å². The van der Waals surface area contributed by atoms with E-state index in [4.69, 9.17) is 9.47 Å². The molecule has 1 heterocycles. The van der Waals surface area contributed by atoms with Gasteiger partial charge in [-0.2, -0.15) is 0 Å². The van der Waals surface area contributed by atoms with Crippen molar-refractivity contribution in [2.24, 2.45) is 0 Å². The highest BCUT2D eigenvalue weighted by Crippen LogP contribution is 2.37. The summed E-state index contributed by atoms with van der Waals surface area (Å²) in [6.07, 6.45) is 1.12. The summed E-state index contributed by atoms with van der Waals surface area (Å²) in [6.45, 7) is 0.919. The Balaban J connectivity index is 1.64. The fourth-order valence-electron chi connectivity index (χ4n) is 2.54. The molecule has 1 aliphatic rings. The number of anilines is 1. The number of fused-ring (bicyclic) bond motifs is 1. The predicted octanol–water partition coefficient (Wildman–Crippen LogP) is 3.83. The second kappa shape index (κ2) is 6.31. The van der Waals surface area contributed by atoms with E-state index in [0.29, 0.717) is 5.25 Å². The van der Waals surface area contributed by atoms with Gasteiger partial charge in [-0.1, -0.05) is 18.2 Å². The Labute approximate surface area is 129 Å². The van der Waals surface area contributed by atoms with Crippen LogP contribution >= 0.6 is 11.8 Å². The first kappa shape index (κ1) is 14.1. The molecule has 0 bridgehead atoms. The average molecular weight is 301 g/mol. The highest BCUT2D eigenvalue weighted by atomic mass is 32.2. The van der Waals surface area contributed by atoms with Crippen LogP contribution in [0.3, 0.4) is 0 Å². The molecule has 0 aromatic heterocycles. The van der Waals surface area contributed by atoms with Crippen molar-refractivity contribution >= 4 is 17.4 Å². The van der Waals surface area contributed by atoms with Crippen molar-refractivity contribution in [3.05, 3.63) is 48.0 Å². The zero-order chi connectivity index (χ0) is 14.7. The fraction of sp³-hybridized carbons (Fsp3) is 0.294. The Morgan fingerprint density at radius 1 is 1.14 bits per heavy atom. The topological polar surface area (TPSA) is 30.5 Å². The van der Waals surface area contributed by atoms with Crippen molar-refractivity contribution < 1.29 is 9.47 Å². The normalized spacial score (nSPS) is 16.4. The van der Waals surface area contributed by atoms with Gasteiger partial charge in [0.05, 0.1) is 19.9 Å². The minimum atomic E-state index is 0.564. The lowest BCUT2D eigenvalue weighted by Gasteiger charge is -2.15. The van der Waals surface area contributed by atoms with Crippen LogP contribution in [0.15, 0.2) is 47.4 Å². The van der Waals surface area contributed by atoms with Crippen molar-refractivity contribution in [2.45, 2.75) is 16.6 Å². The maximum Gasteiger partial charge on any atom is 0.145 e. The van der Waals surface area contributed by atoms with E-state index in [-0.39, 0.29) is 0 Å². The third-order valence-corrected chi connectivity index (χ3v) is 4.96. The molecule has 1 atom stereocenters. The number of benzene rings is 2. The Bertz CT molecular complexity index is 605. The zero-order valence-corrected chi connectivity index (χ0v) is 13.1. The molecule has 0 radical (unpaired) electrons.